The lowest BCUT2D eigenvalue weighted by Crippen LogP contribution is -2.57. The van der Waals surface area contributed by atoms with Crippen molar-refractivity contribution in [2.24, 2.45) is 38.8 Å². The Bertz CT molecular complexity index is 902. The molecule has 0 bridgehead atoms. The molecule has 0 rings (SSSR count). The fourth-order valence-electron chi connectivity index (χ4n) is 3.40. The molecule has 0 spiro atoms. The number of aliphatic carboxylic acids is 1. The molecule has 0 aromatic rings. The second-order valence-electron chi connectivity index (χ2n) is 9.15. The number of nitrogens with two attached hydrogens (primary N) is 4. The Balaban J connectivity index is 5.46. The predicted octanol–water partition coefficient (Wildman–Crippen LogP) is -2.80. The number of hydrogen-bond donors (Lipinski definition) is 9. The van der Waals surface area contributed by atoms with Gasteiger partial charge in [0.2, 0.25) is 23.6 Å². The van der Waals surface area contributed by atoms with E-state index in [2.05, 4.69) is 31.3 Å². The van der Waals surface area contributed by atoms with E-state index in [1.54, 1.807) is 13.8 Å². The van der Waals surface area contributed by atoms with Crippen LogP contribution in [0.15, 0.2) is 9.98 Å². The summed E-state index contributed by atoms with van der Waals surface area (Å²) in [6.07, 6.45) is 1.50. The fraction of sp³-hybridized carbons (Fsp3) is 0.696. The van der Waals surface area contributed by atoms with Crippen LogP contribution in [-0.4, -0.2) is 83.9 Å². The maximum Gasteiger partial charge on any atom is 0.326 e. The average Bonchev–Trinajstić information content (AvgIpc) is 2.84. The van der Waals surface area contributed by atoms with E-state index in [-0.39, 0.29) is 43.8 Å². The molecule has 0 aliphatic heterocycles. The van der Waals surface area contributed by atoms with Gasteiger partial charge >= 0.3 is 5.97 Å². The first kappa shape index (κ1) is 34.9. The summed E-state index contributed by atoms with van der Waals surface area (Å²) in [5, 5.41) is 19.6. The third-order valence-electron chi connectivity index (χ3n) is 5.75. The Hall–Kier alpha value is -4.11. The molecular formula is C23H44N10O6. The van der Waals surface area contributed by atoms with Crippen LogP contribution in [0, 0.1) is 5.92 Å². The number of nitrogens with zero attached hydrogens (tertiary/aromatic N) is 2. The van der Waals surface area contributed by atoms with Gasteiger partial charge in [0.25, 0.3) is 0 Å². The summed E-state index contributed by atoms with van der Waals surface area (Å²) in [4.78, 5) is 69.5. The molecule has 0 aliphatic rings. The van der Waals surface area contributed by atoms with Gasteiger partial charge in [-0.05, 0) is 38.5 Å². The zero-order valence-corrected chi connectivity index (χ0v) is 23.0. The molecule has 0 aromatic carbocycles. The molecule has 0 heterocycles. The largest absolute Gasteiger partial charge is 0.480 e. The molecule has 5 unspecified atom stereocenters. The number of carboxylic acid groups (broad SMARTS) is 1. The smallest absolute Gasteiger partial charge is 0.326 e. The van der Waals surface area contributed by atoms with E-state index in [1.807, 2.05) is 0 Å². The van der Waals surface area contributed by atoms with Gasteiger partial charge in [0, 0.05) is 20.0 Å². The molecule has 0 radical (unpaired) electrons. The molecule has 0 saturated heterocycles. The summed E-state index contributed by atoms with van der Waals surface area (Å²) >= 11 is 0. The predicted molar refractivity (Wildman–Crippen MR) is 146 cm³/mol. The van der Waals surface area contributed by atoms with Crippen molar-refractivity contribution in [1.29, 1.82) is 0 Å². The zero-order chi connectivity index (χ0) is 30.1. The minimum absolute atomic E-state index is 0.0984. The number of carboxylic acids is 1. The summed E-state index contributed by atoms with van der Waals surface area (Å²) in [7, 11) is 0. The SMILES string of the molecule is CCC(C)C(NC(=O)C(CCCN=C(N)N)NC(=O)C(C)NC(=O)C(CCCN=C(N)N)NC(C)=O)C(=O)O. The first-order chi connectivity index (χ1) is 18.2. The molecular weight excluding hydrogens is 512 g/mol. The molecule has 39 heavy (non-hydrogen) atoms. The Kier molecular flexibility index (Phi) is 16.3. The third-order valence-corrected chi connectivity index (χ3v) is 5.75. The highest BCUT2D eigenvalue weighted by atomic mass is 16.4. The van der Waals surface area contributed by atoms with Crippen LogP contribution in [0.3, 0.4) is 0 Å². The van der Waals surface area contributed by atoms with E-state index in [0.29, 0.717) is 19.3 Å². The first-order valence-corrected chi connectivity index (χ1v) is 12.7. The van der Waals surface area contributed by atoms with E-state index in [1.165, 1.54) is 13.8 Å². The Labute approximate surface area is 228 Å². The number of nitrogens with one attached hydrogen (secondary N) is 4. The number of amides is 4. The lowest BCUT2D eigenvalue weighted by molar-refractivity contribution is -0.143. The summed E-state index contributed by atoms with van der Waals surface area (Å²) in [5.74, 6) is -4.25. The molecule has 0 fully saturated rings. The Morgan fingerprint density at radius 3 is 1.62 bits per heavy atom. The van der Waals surface area contributed by atoms with E-state index >= 15 is 0 Å². The van der Waals surface area contributed by atoms with Crippen molar-refractivity contribution in [1.82, 2.24) is 21.3 Å². The number of carbonyl (C=O) groups excluding carboxylic acids is 4. The normalized spacial score (nSPS) is 14.4. The van der Waals surface area contributed by atoms with E-state index in [9.17, 15) is 29.1 Å². The maximum absolute atomic E-state index is 13.0. The first-order valence-electron chi connectivity index (χ1n) is 12.7. The lowest BCUT2D eigenvalue weighted by Gasteiger charge is -2.26. The van der Waals surface area contributed by atoms with Gasteiger partial charge in [-0.2, -0.15) is 0 Å². The van der Waals surface area contributed by atoms with Crippen LogP contribution >= 0.6 is 0 Å². The number of guanidine groups is 2. The van der Waals surface area contributed by atoms with Crippen molar-refractivity contribution in [3.8, 4) is 0 Å². The van der Waals surface area contributed by atoms with Crippen LogP contribution in [0.4, 0.5) is 0 Å². The summed E-state index contributed by atoms with van der Waals surface area (Å²) in [5.41, 5.74) is 21.2. The van der Waals surface area contributed by atoms with Crippen LogP contribution in [0.2, 0.25) is 0 Å². The fourth-order valence-corrected chi connectivity index (χ4v) is 3.40. The molecule has 222 valence electrons. The van der Waals surface area contributed by atoms with Gasteiger partial charge in [-0.25, -0.2) is 4.79 Å². The third kappa shape index (κ3) is 15.0. The van der Waals surface area contributed by atoms with Gasteiger partial charge in [0.1, 0.15) is 24.2 Å². The van der Waals surface area contributed by atoms with Crippen molar-refractivity contribution in [3.63, 3.8) is 0 Å². The molecule has 5 atom stereocenters. The van der Waals surface area contributed by atoms with Crippen molar-refractivity contribution >= 4 is 41.5 Å². The number of rotatable bonds is 18. The topological polar surface area (TPSA) is 283 Å². The standard InChI is InChI=1S/C23H44N10O6/c1-5-12(2)17(21(38)39)33-20(37)16(9-7-11-29-23(26)27)32-18(35)13(3)30-19(36)15(31-14(4)34)8-6-10-28-22(24)25/h12-13,15-17H,5-11H2,1-4H3,(H,30,36)(H,31,34)(H,32,35)(H,33,37)(H,38,39)(H4,24,25,28)(H4,26,27,29). The molecule has 16 heteroatoms. The summed E-state index contributed by atoms with van der Waals surface area (Å²) in [6.45, 7) is 6.56. The minimum Gasteiger partial charge on any atom is -0.480 e. The summed E-state index contributed by atoms with van der Waals surface area (Å²) < 4.78 is 0. The minimum atomic E-state index is -1.20. The molecule has 0 aliphatic carbocycles. The van der Waals surface area contributed by atoms with E-state index in [0.717, 1.165) is 0 Å². The highest BCUT2D eigenvalue weighted by molar-refractivity contribution is 5.94. The van der Waals surface area contributed by atoms with Crippen molar-refractivity contribution < 1.29 is 29.1 Å². The van der Waals surface area contributed by atoms with Crippen LogP contribution in [-0.2, 0) is 24.0 Å². The second-order valence-corrected chi connectivity index (χ2v) is 9.15. The number of hydrogen-bond acceptors (Lipinski definition) is 7. The number of carbonyl (C=O) groups is 5. The van der Waals surface area contributed by atoms with Gasteiger partial charge in [0.05, 0.1) is 0 Å². The van der Waals surface area contributed by atoms with Crippen molar-refractivity contribution in [2.75, 3.05) is 13.1 Å². The zero-order valence-electron chi connectivity index (χ0n) is 23.0. The number of aliphatic imine (C=N–C) groups is 2. The van der Waals surface area contributed by atoms with E-state index < -0.39 is 53.8 Å². The van der Waals surface area contributed by atoms with Crippen LogP contribution in [0.1, 0.15) is 59.8 Å². The molecule has 0 saturated carbocycles. The van der Waals surface area contributed by atoms with Gasteiger partial charge in [0.15, 0.2) is 11.9 Å². The Morgan fingerprint density at radius 2 is 1.21 bits per heavy atom. The van der Waals surface area contributed by atoms with Gasteiger partial charge in [-0.1, -0.05) is 20.3 Å². The average molecular weight is 557 g/mol. The maximum atomic E-state index is 13.0. The Morgan fingerprint density at radius 1 is 0.744 bits per heavy atom. The highest BCUT2D eigenvalue weighted by Crippen LogP contribution is 2.09. The van der Waals surface area contributed by atoms with Crippen LogP contribution in [0.25, 0.3) is 0 Å². The van der Waals surface area contributed by atoms with Gasteiger partial charge in [-0.3, -0.25) is 29.2 Å². The summed E-state index contributed by atoms with van der Waals surface area (Å²) in [6, 6.07) is -4.32. The monoisotopic (exact) mass is 556 g/mol. The molecule has 13 N–H and O–H groups in total. The highest BCUT2D eigenvalue weighted by Gasteiger charge is 2.31. The van der Waals surface area contributed by atoms with Crippen LogP contribution < -0.4 is 44.2 Å². The second kappa shape index (κ2) is 18.2. The van der Waals surface area contributed by atoms with Crippen LogP contribution in [0.5, 0.6) is 0 Å². The quantitative estimate of drug-likeness (QED) is 0.0475. The molecule has 0 aromatic heterocycles. The molecule has 16 nitrogen and oxygen atoms in total. The van der Waals surface area contributed by atoms with Gasteiger partial charge < -0.3 is 49.3 Å². The van der Waals surface area contributed by atoms with Gasteiger partial charge in [-0.15, -0.1) is 0 Å². The van der Waals surface area contributed by atoms with Crippen molar-refractivity contribution in [2.45, 2.75) is 84.0 Å². The lowest BCUT2D eigenvalue weighted by atomic mass is 9.98. The van der Waals surface area contributed by atoms with E-state index in [4.69, 9.17) is 22.9 Å². The van der Waals surface area contributed by atoms with Crippen molar-refractivity contribution in [3.05, 3.63) is 0 Å². The molecule has 4 amide bonds.